The van der Waals surface area contributed by atoms with E-state index in [-0.39, 0.29) is 0 Å². The van der Waals surface area contributed by atoms with Gasteiger partial charge in [-0.2, -0.15) is 0 Å². The van der Waals surface area contributed by atoms with E-state index in [2.05, 4.69) is 55.0 Å². The molecule has 0 saturated carbocycles. The predicted octanol–water partition coefficient (Wildman–Crippen LogP) is 4.05. The Hall–Kier alpha value is -2.10. The number of hydrogen-bond acceptors (Lipinski definition) is 2. The first-order valence-electron chi connectivity index (χ1n) is 9.07. The SMILES string of the molecule is Cc1ccc(C(O)Cc2cc(C)cc3c4c([nH]c23)CCN(C)C4)cc1. The average Bonchev–Trinajstić information content (AvgIpc) is 2.93. The van der Waals surface area contributed by atoms with E-state index in [1.54, 1.807) is 0 Å². The Balaban J connectivity index is 1.73. The van der Waals surface area contributed by atoms with Gasteiger partial charge in [-0.1, -0.05) is 41.5 Å². The first-order chi connectivity index (χ1) is 12.0. The highest BCUT2D eigenvalue weighted by Gasteiger charge is 2.21. The van der Waals surface area contributed by atoms with Crippen molar-refractivity contribution in [1.29, 1.82) is 0 Å². The number of nitrogens with one attached hydrogen (secondary N) is 1. The first kappa shape index (κ1) is 16.4. The number of H-pyrrole nitrogens is 1. The summed E-state index contributed by atoms with van der Waals surface area (Å²) >= 11 is 0. The highest BCUT2D eigenvalue weighted by atomic mass is 16.3. The van der Waals surface area contributed by atoms with Crippen molar-refractivity contribution in [2.45, 2.75) is 39.3 Å². The van der Waals surface area contributed by atoms with Gasteiger partial charge in [0.2, 0.25) is 0 Å². The average molecular weight is 334 g/mol. The molecular formula is C22H26N2O. The normalized spacial score (nSPS) is 16.2. The fourth-order valence-corrected chi connectivity index (χ4v) is 3.96. The molecule has 1 atom stereocenters. The van der Waals surface area contributed by atoms with Gasteiger partial charge in [-0.05, 0) is 43.7 Å². The van der Waals surface area contributed by atoms with Crippen LogP contribution in [-0.2, 0) is 19.4 Å². The Labute approximate surface area is 149 Å². The standard InChI is InChI=1S/C22H26N2O/c1-14-4-6-16(7-5-14)21(25)12-17-10-15(2)11-18-19-13-24(3)9-8-20(19)23-22(17)18/h4-7,10-11,21,23,25H,8-9,12-13H2,1-3H3. The second kappa shape index (κ2) is 6.32. The van der Waals surface area contributed by atoms with Gasteiger partial charge < -0.3 is 15.0 Å². The molecule has 0 radical (unpaired) electrons. The summed E-state index contributed by atoms with van der Waals surface area (Å²) in [6, 6.07) is 12.7. The smallest absolute Gasteiger partial charge is 0.0831 e. The van der Waals surface area contributed by atoms with Crippen LogP contribution in [0.15, 0.2) is 36.4 Å². The highest BCUT2D eigenvalue weighted by molar-refractivity contribution is 5.88. The lowest BCUT2D eigenvalue weighted by atomic mass is 9.96. The molecule has 3 nitrogen and oxygen atoms in total. The van der Waals surface area contributed by atoms with Crippen LogP contribution < -0.4 is 0 Å². The minimum Gasteiger partial charge on any atom is -0.388 e. The molecule has 0 saturated heterocycles. The lowest BCUT2D eigenvalue weighted by Crippen LogP contribution is -2.25. The number of aromatic nitrogens is 1. The van der Waals surface area contributed by atoms with Crippen molar-refractivity contribution < 1.29 is 5.11 Å². The molecule has 3 aromatic rings. The third-order valence-corrected chi connectivity index (χ3v) is 5.38. The molecule has 0 aliphatic carbocycles. The maximum Gasteiger partial charge on any atom is 0.0831 e. The minimum absolute atomic E-state index is 0.478. The predicted molar refractivity (Wildman–Crippen MR) is 103 cm³/mol. The van der Waals surface area contributed by atoms with Gasteiger partial charge in [-0.3, -0.25) is 0 Å². The van der Waals surface area contributed by atoms with Crippen LogP contribution in [-0.4, -0.2) is 28.6 Å². The van der Waals surface area contributed by atoms with Crippen LogP contribution in [0.2, 0.25) is 0 Å². The molecular weight excluding hydrogens is 308 g/mol. The number of aliphatic hydroxyl groups is 1. The minimum atomic E-state index is -0.478. The number of hydrogen-bond donors (Lipinski definition) is 2. The number of aromatic amines is 1. The molecule has 1 unspecified atom stereocenters. The Morgan fingerprint density at radius 1 is 1.12 bits per heavy atom. The maximum absolute atomic E-state index is 10.7. The van der Waals surface area contributed by atoms with Crippen LogP contribution in [0.1, 0.15) is 39.6 Å². The first-order valence-corrected chi connectivity index (χ1v) is 9.07. The van der Waals surface area contributed by atoms with Crippen LogP contribution >= 0.6 is 0 Å². The Morgan fingerprint density at radius 3 is 2.64 bits per heavy atom. The summed E-state index contributed by atoms with van der Waals surface area (Å²) in [7, 11) is 2.18. The van der Waals surface area contributed by atoms with Crippen LogP contribution in [0.5, 0.6) is 0 Å². The molecule has 1 aromatic heterocycles. The van der Waals surface area contributed by atoms with E-state index in [4.69, 9.17) is 0 Å². The number of aliphatic hydroxyl groups excluding tert-OH is 1. The molecule has 3 heteroatoms. The molecule has 4 rings (SSSR count). The monoisotopic (exact) mass is 334 g/mol. The number of nitrogens with zero attached hydrogens (tertiary/aromatic N) is 1. The van der Waals surface area contributed by atoms with Crippen LogP contribution in [0.25, 0.3) is 10.9 Å². The molecule has 130 valence electrons. The van der Waals surface area contributed by atoms with E-state index in [9.17, 15) is 5.11 Å². The van der Waals surface area contributed by atoms with Gasteiger partial charge in [0.05, 0.1) is 6.10 Å². The topological polar surface area (TPSA) is 39.3 Å². The van der Waals surface area contributed by atoms with Gasteiger partial charge in [0.1, 0.15) is 0 Å². The van der Waals surface area contributed by atoms with E-state index < -0.39 is 6.10 Å². The fourth-order valence-electron chi connectivity index (χ4n) is 3.96. The molecule has 0 bridgehead atoms. The second-order valence-electron chi connectivity index (χ2n) is 7.55. The number of fused-ring (bicyclic) bond motifs is 3. The molecule has 0 spiro atoms. The van der Waals surface area contributed by atoms with Crippen molar-refractivity contribution in [2.75, 3.05) is 13.6 Å². The molecule has 0 amide bonds. The summed E-state index contributed by atoms with van der Waals surface area (Å²) < 4.78 is 0. The number of likely N-dealkylation sites (N-methyl/N-ethyl adjacent to an activating group) is 1. The van der Waals surface area contributed by atoms with E-state index in [0.29, 0.717) is 6.42 Å². The molecule has 2 N–H and O–H groups in total. The summed E-state index contributed by atoms with van der Waals surface area (Å²) in [6.07, 6.45) is 1.23. The van der Waals surface area contributed by atoms with Crippen molar-refractivity contribution in [3.8, 4) is 0 Å². The molecule has 2 aromatic carbocycles. The van der Waals surface area contributed by atoms with Crippen molar-refractivity contribution in [2.24, 2.45) is 0 Å². The number of rotatable bonds is 3. The number of aryl methyl sites for hydroxylation is 2. The van der Waals surface area contributed by atoms with Gasteiger partial charge >= 0.3 is 0 Å². The van der Waals surface area contributed by atoms with Gasteiger partial charge in [-0.15, -0.1) is 0 Å². The lowest BCUT2D eigenvalue weighted by Gasteiger charge is -2.22. The summed E-state index contributed by atoms with van der Waals surface area (Å²) in [6.45, 7) is 6.31. The van der Waals surface area contributed by atoms with Gasteiger partial charge in [0.25, 0.3) is 0 Å². The summed E-state index contributed by atoms with van der Waals surface area (Å²) in [5.74, 6) is 0. The van der Waals surface area contributed by atoms with E-state index in [0.717, 1.165) is 25.1 Å². The van der Waals surface area contributed by atoms with Gasteiger partial charge in [0, 0.05) is 42.5 Å². The third-order valence-electron chi connectivity index (χ3n) is 5.38. The van der Waals surface area contributed by atoms with Crippen LogP contribution in [0, 0.1) is 13.8 Å². The van der Waals surface area contributed by atoms with E-state index >= 15 is 0 Å². The van der Waals surface area contributed by atoms with Crippen molar-refractivity contribution in [3.05, 3.63) is 69.9 Å². The fraction of sp³-hybridized carbons (Fsp3) is 0.364. The summed E-state index contributed by atoms with van der Waals surface area (Å²) in [5.41, 5.74) is 8.67. The molecule has 1 aliphatic heterocycles. The zero-order valence-electron chi connectivity index (χ0n) is 15.3. The number of benzene rings is 2. The lowest BCUT2D eigenvalue weighted by molar-refractivity contribution is 0.179. The highest BCUT2D eigenvalue weighted by Crippen LogP contribution is 2.32. The van der Waals surface area contributed by atoms with Crippen LogP contribution in [0.4, 0.5) is 0 Å². The molecule has 25 heavy (non-hydrogen) atoms. The van der Waals surface area contributed by atoms with Gasteiger partial charge in [0.15, 0.2) is 0 Å². The van der Waals surface area contributed by atoms with Gasteiger partial charge in [-0.25, -0.2) is 0 Å². The van der Waals surface area contributed by atoms with Crippen molar-refractivity contribution >= 4 is 10.9 Å². The summed E-state index contributed by atoms with van der Waals surface area (Å²) in [5, 5.41) is 12.1. The van der Waals surface area contributed by atoms with Crippen LogP contribution in [0.3, 0.4) is 0 Å². The zero-order valence-corrected chi connectivity index (χ0v) is 15.3. The van der Waals surface area contributed by atoms with Crippen molar-refractivity contribution in [1.82, 2.24) is 9.88 Å². The van der Waals surface area contributed by atoms with E-state index in [1.807, 2.05) is 12.1 Å². The summed E-state index contributed by atoms with van der Waals surface area (Å²) in [4.78, 5) is 6.03. The largest absolute Gasteiger partial charge is 0.388 e. The third kappa shape index (κ3) is 3.10. The quantitative estimate of drug-likeness (QED) is 0.758. The maximum atomic E-state index is 10.7. The second-order valence-corrected chi connectivity index (χ2v) is 7.55. The zero-order chi connectivity index (χ0) is 17.6. The molecule has 2 heterocycles. The Kier molecular flexibility index (Phi) is 4.14. The van der Waals surface area contributed by atoms with E-state index in [1.165, 1.54) is 38.9 Å². The molecule has 1 aliphatic rings. The van der Waals surface area contributed by atoms with Crippen molar-refractivity contribution in [3.63, 3.8) is 0 Å². The Bertz CT molecular complexity index is 908. The Morgan fingerprint density at radius 2 is 1.88 bits per heavy atom. The molecule has 0 fully saturated rings.